The number of hydrogen-bond donors (Lipinski definition) is 0. The lowest BCUT2D eigenvalue weighted by Gasteiger charge is -2.27. The summed E-state index contributed by atoms with van der Waals surface area (Å²) >= 11 is 0. The van der Waals surface area contributed by atoms with Crippen LogP contribution in [-0.4, -0.2) is 12.3 Å². The molecule has 2 heteroatoms. The molecule has 2 fully saturated rings. The molecule has 0 unspecified atom stereocenters. The highest BCUT2D eigenvalue weighted by Gasteiger charge is 2.21. The van der Waals surface area contributed by atoms with Crippen LogP contribution in [0.15, 0.2) is 24.4 Å². The second kappa shape index (κ2) is 9.21. The minimum absolute atomic E-state index is 0.997. The molecule has 0 bridgehead atoms. The van der Waals surface area contributed by atoms with Crippen LogP contribution in [0.3, 0.4) is 0 Å². The normalized spacial score (nSPS) is 20.9. The van der Waals surface area contributed by atoms with E-state index in [4.69, 9.17) is 0 Å². The van der Waals surface area contributed by atoms with Gasteiger partial charge in [-0.2, -0.15) is 0 Å². The molecule has 3 rings (SSSR count). The molecule has 0 aromatic carbocycles. The van der Waals surface area contributed by atoms with E-state index in [-0.39, 0.29) is 0 Å². The van der Waals surface area contributed by atoms with Gasteiger partial charge in [-0.3, -0.25) is 4.98 Å². The van der Waals surface area contributed by atoms with Crippen molar-refractivity contribution in [2.75, 3.05) is 0 Å². The van der Waals surface area contributed by atoms with Gasteiger partial charge in [-0.25, -0.2) is 0 Å². The van der Waals surface area contributed by atoms with Crippen LogP contribution in [0.25, 0.3) is 0 Å². The summed E-state index contributed by atoms with van der Waals surface area (Å²) in [5.74, 6) is 1.99. The van der Waals surface area contributed by atoms with Crippen molar-refractivity contribution in [1.29, 1.82) is 0 Å². The van der Waals surface area contributed by atoms with E-state index in [0.29, 0.717) is 0 Å². The molecule has 1 aromatic rings. The van der Waals surface area contributed by atoms with Crippen LogP contribution in [0.5, 0.6) is 0 Å². The van der Waals surface area contributed by atoms with Gasteiger partial charge in [0.1, 0.15) is 7.28 Å². The first-order chi connectivity index (χ1) is 9.84. The van der Waals surface area contributed by atoms with E-state index in [1.165, 1.54) is 64.2 Å². The lowest BCUT2D eigenvalue weighted by molar-refractivity contribution is 0.470. The first kappa shape index (κ1) is 15.6. The van der Waals surface area contributed by atoms with E-state index in [2.05, 4.69) is 12.3 Å². The molecular formula is C18H29BN. The minimum Gasteiger partial charge on any atom is -0.262 e. The SMILES string of the molecule is Cc1ccccn1.[B](C1CCCCC1)C1CCCCC1. The quantitative estimate of drug-likeness (QED) is 0.639. The Balaban J connectivity index is 0.000000178. The minimum atomic E-state index is 0.997. The van der Waals surface area contributed by atoms with Gasteiger partial charge in [0.05, 0.1) is 0 Å². The molecule has 1 aromatic heterocycles. The first-order valence-electron chi connectivity index (χ1n) is 8.57. The van der Waals surface area contributed by atoms with Crippen molar-refractivity contribution < 1.29 is 0 Å². The molecule has 0 saturated heterocycles. The Kier molecular flexibility index (Phi) is 7.18. The fraction of sp³-hybridized carbons (Fsp3) is 0.722. The Hall–Kier alpha value is -0.785. The van der Waals surface area contributed by atoms with Crippen LogP contribution < -0.4 is 0 Å². The van der Waals surface area contributed by atoms with Gasteiger partial charge in [0.15, 0.2) is 0 Å². The van der Waals surface area contributed by atoms with Crippen LogP contribution in [0, 0.1) is 6.92 Å². The topological polar surface area (TPSA) is 12.9 Å². The van der Waals surface area contributed by atoms with Crippen molar-refractivity contribution in [2.24, 2.45) is 0 Å². The molecule has 20 heavy (non-hydrogen) atoms. The van der Waals surface area contributed by atoms with Gasteiger partial charge < -0.3 is 0 Å². The van der Waals surface area contributed by atoms with Crippen molar-refractivity contribution in [3.8, 4) is 0 Å². The summed E-state index contributed by atoms with van der Waals surface area (Å²) in [7, 11) is 2.72. The number of pyridine rings is 1. The van der Waals surface area contributed by atoms with Gasteiger partial charge in [-0.05, 0) is 19.1 Å². The molecule has 0 aliphatic heterocycles. The van der Waals surface area contributed by atoms with Crippen molar-refractivity contribution in [1.82, 2.24) is 4.98 Å². The van der Waals surface area contributed by atoms with Gasteiger partial charge in [0.2, 0.25) is 0 Å². The predicted molar refractivity (Wildman–Crippen MR) is 88.4 cm³/mol. The third-order valence-electron chi connectivity index (χ3n) is 4.66. The van der Waals surface area contributed by atoms with Crippen LogP contribution >= 0.6 is 0 Å². The predicted octanol–water partition coefficient (Wildman–Crippen LogP) is 5.59. The summed E-state index contributed by atoms with van der Waals surface area (Å²) in [5.41, 5.74) is 1.07. The lowest BCUT2D eigenvalue weighted by atomic mass is 9.48. The summed E-state index contributed by atoms with van der Waals surface area (Å²) in [6.07, 6.45) is 16.7. The largest absolute Gasteiger partial charge is 0.262 e. The molecule has 2 aliphatic carbocycles. The average Bonchev–Trinajstić information content (AvgIpc) is 2.51. The number of rotatable bonds is 2. The molecule has 0 amide bonds. The van der Waals surface area contributed by atoms with Crippen LogP contribution in [-0.2, 0) is 0 Å². The van der Waals surface area contributed by atoms with Crippen molar-refractivity contribution in [3.63, 3.8) is 0 Å². The third-order valence-corrected chi connectivity index (χ3v) is 4.66. The summed E-state index contributed by atoms with van der Waals surface area (Å²) in [4.78, 5) is 3.98. The second-order valence-electron chi connectivity index (χ2n) is 6.46. The monoisotopic (exact) mass is 270 g/mol. The maximum absolute atomic E-state index is 3.98. The molecule has 2 aliphatic rings. The van der Waals surface area contributed by atoms with E-state index in [0.717, 1.165) is 17.3 Å². The van der Waals surface area contributed by atoms with Crippen molar-refractivity contribution in [2.45, 2.75) is 82.8 Å². The number of nitrogens with zero attached hydrogens (tertiary/aromatic N) is 1. The van der Waals surface area contributed by atoms with Crippen molar-refractivity contribution >= 4 is 7.28 Å². The number of hydrogen-bond acceptors (Lipinski definition) is 1. The van der Waals surface area contributed by atoms with Crippen LogP contribution in [0.1, 0.15) is 69.9 Å². The summed E-state index contributed by atoms with van der Waals surface area (Å²) in [6, 6.07) is 5.86. The molecule has 1 nitrogen and oxygen atoms in total. The average molecular weight is 270 g/mol. The molecule has 0 spiro atoms. The molecule has 0 atom stereocenters. The Morgan fingerprint density at radius 1 is 0.850 bits per heavy atom. The fourth-order valence-electron chi connectivity index (χ4n) is 3.49. The Bertz CT molecular complexity index is 324. The molecular weight excluding hydrogens is 241 g/mol. The Labute approximate surface area is 125 Å². The zero-order valence-electron chi connectivity index (χ0n) is 13.1. The Morgan fingerprint density at radius 2 is 1.40 bits per heavy atom. The van der Waals surface area contributed by atoms with E-state index in [9.17, 15) is 0 Å². The number of aromatic nitrogens is 1. The highest BCUT2D eigenvalue weighted by atomic mass is 14.6. The standard InChI is InChI=1S/C12H22B.C6H7N/c1-3-7-11(8-4-1)13-12-9-5-2-6-10-12;1-6-4-2-3-5-7-6/h11-12H,1-10H2;2-5H,1H3. The second-order valence-corrected chi connectivity index (χ2v) is 6.46. The fourth-order valence-corrected chi connectivity index (χ4v) is 3.49. The molecule has 2 saturated carbocycles. The summed E-state index contributed by atoms with van der Waals surface area (Å²) in [5, 5.41) is 0. The molecule has 1 heterocycles. The maximum atomic E-state index is 3.98. The lowest BCUT2D eigenvalue weighted by Crippen LogP contribution is -2.16. The van der Waals surface area contributed by atoms with E-state index >= 15 is 0 Å². The van der Waals surface area contributed by atoms with E-state index < -0.39 is 0 Å². The highest BCUT2D eigenvalue weighted by molar-refractivity contribution is 6.39. The molecule has 109 valence electrons. The van der Waals surface area contributed by atoms with Crippen molar-refractivity contribution in [3.05, 3.63) is 30.1 Å². The molecule has 1 radical (unpaired) electrons. The zero-order chi connectivity index (χ0) is 14.0. The van der Waals surface area contributed by atoms with Gasteiger partial charge in [-0.15, -0.1) is 0 Å². The number of aryl methyl sites for hydroxylation is 1. The summed E-state index contributed by atoms with van der Waals surface area (Å²) in [6.45, 7) is 1.97. The molecule has 0 N–H and O–H groups in total. The van der Waals surface area contributed by atoms with Gasteiger partial charge in [0, 0.05) is 11.9 Å². The van der Waals surface area contributed by atoms with E-state index in [1.54, 1.807) is 6.20 Å². The van der Waals surface area contributed by atoms with Crippen LogP contribution in [0.4, 0.5) is 0 Å². The third kappa shape index (κ3) is 6.11. The van der Waals surface area contributed by atoms with Gasteiger partial charge in [0.25, 0.3) is 0 Å². The summed E-state index contributed by atoms with van der Waals surface area (Å²) < 4.78 is 0. The van der Waals surface area contributed by atoms with Gasteiger partial charge in [-0.1, -0.05) is 81.9 Å². The van der Waals surface area contributed by atoms with E-state index in [1.807, 2.05) is 25.1 Å². The highest BCUT2D eigenvalue weighted by Crippen LogP contribution is 2.36. The smallest absolute Gasteiger partial charge is 0.117 e. The Morgan fingerprint density at radius 3 is 1.75 bits per heavy atom. The first-order valence-corrected chi connectivity index (χ1v) is 8.57. The van der Waals surface area contributed by atoms with Gasteiger partial charge >= 0.3 is 0 Å². The zero-order valence-corrected chi connectivity index (χ0v) is 13.1. The maximum Gasteiger partial charge on any atom is 0.117 e. The van der Waals surface area contributed by atoms with Crippen LogP contribution in [0.2, 0.25) is 11.6 Å².